The number of nitrogens with one attached hydrogen (secondary N) is 2. The molecule has 0 aliphatic carbocycles. The van der Waals surface area contributed by atoms with E-state index in [1.807, 2.05) is 6.92 Å². The molecule has 112 valence electrons. The summed E-state index contributed by atoms with van der Waals surface area (Å²) < 4.78 is 10.7. The Labute approximate surface area is 119 Å². The summed E-state index contributed by atoms with van der Waals surface area (Å²) in [6.45, 7) is 5.88. The molecular weight excluding hydrogens is 260 g/mol. The van der Waals surface area contributed by atoms with E-state index in [9.17, 15) is 4.79 Å². The van der Waals surface area contributed by atoms with E-state index in [4.69, 9.17) is 14.6 Å². The highest BCUT2D eigenvalue weighted by Gasteiger charge is 2.18. The van der Waals surface area contributed by atoms with Crippen molar-refractivity contribution in [3.63, 3.8) is 0 Å². The molecule has 0 saturated heterocycles. The largest absolute Gasteiger partial charge is 0.494 e. The molecule has 0 heterocycles. The molecule has 3 N–H and O–H groups in total. The highest BCUT2D eigenvalue weighted by atomic mass is 16.5. The van der Waals surface area contributed by atoms with Crippen LogP contribution in [0, 0.1) is 0 Å². The molecule has 1 rings (SSSR count). The smallest absolute Gasteiger partial charge is 0.317 e. The fourth-order valence-corrected chi connectivity index (χ4v) is 1.37. The first-order chi connectivity index (χ1) is 9.46. The van der Waals surface area contributed by atoms with Gasteiger partial charge in [-0.15, -0.1) is 0 Å². The molecule has 6 nitrogen and oxygen atoms in total. The van der Waals surface area contributed by atoms with Gasteiger partial charge in [-0.05, 0) is 45.0 Å². The van der Waals surface area contributed by atoms with Crippen molar-refractivity contribution in [1.29, 1.82) is 0 Å². The Morgan fingerprint density at radius 1 is 1.20 bits per heavy atom. The van der Waals surface area contributed by atoms with Crippen LogP contribution in [-0.2, 0) is 0 Å². The summed E-state index contributed by atoms with van der Waals surface area (Å²) in [5.41, 5.74) is -0.663. The summed E-state index contributed by atoms with van der Waals surface area (Å²) in [6, 6.07) is 6.74. The van der Waals surface area contributed by atoms with Gasteiger partial charge >= 0.3 is 6.03 Å². The minimum atomic E-state index is -0.663. The number of urea groups is 1. The minimum Gasteiger partial charge on any atom is -0.494 e. The van der Waals surface area contributed by atoms with Gasteiger partial charge in [0, 0.05) is 0 Å². The number of amides is 2. The van der Waals surface area contributed by atoms with Crippen molar-refractivity contribution >= 4 is 6.03 Å². The van der Waals surface area contributed by atoms with Crippen molar-refractivity contribution < 1.29 is 19.4 Å². The topological polar surface area (TPSA) is 79.8 Å². The third kappa shape index (κ3) is 5.79. The van der Waals surface area contributed by atoms with Crippen LogP contribution in [0.2, 0.25) is 0 Å². The van der Waals surface area contributed by atoms with Gasteiger partial charge in [-0.3, -0.25) is 0 Å². The summed E-state index contributed by atoms with van der Waals surface area (Å²) in [4.78, 5) is 11.5. The van der Waals surface area contributed by atoms with Gasteiger partial charge in [-0.25, -0.2) is 4.79 Å². The van der Waals surface area contributed by atoms with Gasteiger partial charge in [0.15, 0.2) is 6.73 Å². The average Bonchev–Trinajstić information content (AvgIpc) is 2.40. The molecule has 20 heavy (non-hydrogen) atoms. The number of benzene rings is 1. The Kier molecular flexibility index (Phi) is 6.11. The first kappa shape index (κ1) is 16.1. The maximum absolute atomic E-state index is 11.5. The van der Waals surface area contributed by atoms with Crippen LogP contribution >= 0.6 is 0 Å². The highest BCUT2D eigenvalue weighted by molar-refractivity contribution is 5.74. The van der Waals surface area contributed by atoms with Crippen LogP contribution in [0.5, 0.6) is 11.5 Å². The van der Waals surface area contributed by atoms with E-state index < -0.39 is 11.6 Å². The first-order valence-electron chi connectivity index (χ1n) is 6.49. The molecule has 1 aromatic rings. The van der Waals surface area contributed by atoms with Crippen molar-refractivity contribution in [3.8, 4) is 11.5 Å². The third-order valence-electron chi connectivity index (χ3n) is 2.45. The van der Waals surface area contributed by atoms with E-state index in [1.165, 1.54) is 0 Å². The lowest BCUT2D eigenvalue weighted by Crippen LogP contribution is -2.51. The number of carbonyl (C=O) groups is 1. The summed E-state index contributed by atoms with van der Waals surface area (Å²) in [5, 5.41) is 14.2. The second-order valence-electron chi connectivity index (χ2n) is 4.87. The fraction of sp³-hybridized carbons (Fsp3) is 0.500. The molecule has 0 bridgehead atoms. The number of hydrogen-bond acceptors (Lipinski definition) is 4. The number of ether oxygens (including phenoxy) is 2. The molecule has 0 radical (unpaired) electrons. The van der Waals surface area contributed by atoms with Crippen LogP contribution in [0.3, 0.4) is 0 Å². The van der Waals surface area contributed by atoms with Gasteiger partial charge in [-0.2, -0.15) is 0 Å². The summed E-state index contributed by atoms with van der Waals surface area (Å²) in [6.07, 6.45) is 0. The van der Waals surface area contributed by atoms with E-state index in [-0.39, 0.29) is 13.3 Å². The molecule has 0 fully saturated rings. The predicted molar refractivity (Wildman–Crippen MR) is 75.9 cm³/mol. The third-order valence-corrected chi connectivity index (χ3v) is 2.45. The fourth-order valence-electron chi connectivity index (χ4n) is 1.37. The van der Waals surface area contributed by atoms with E-state index >= 15 is 0 Å². The Hall–Kier alpha value is -1.95. The van der Waals surface area contributed by atoms with Crippen molar-refractivity contribution in [1.82, 2.24) is 10.6 Å². The van der Waals surface area contributed by atoms with Crippen molar-refractivity contribution in [2.45, 2.75) is 26.3 Å². The van der Waals surface area contributed by atoms with E-state index in [1.54, 1.807) is 38.1 Å². The van der Waals surface area contributed by atoms with Gasteiger partial charge in [-0.1, -0.05) is 0 Å². The second kappa shape index (κ2) is 7.59. The molecule has 0 atom stereocenters. The maximum atomic E-state index is 11.5. The number of aliphatic hydroxyl groups is 1. The summed E-state index contributed by atoms with van der Waals surface area (Å²) >= 11 is 0. The number of rotatable bonds is 7. The van der Waals surface area contributed by atoms with Gasteiger partial charge < -0.3 is 25.2 Å². The van der Waals surface area contributed by atoms with Gasteiger partial charge in [0.1, 0.15) is 11.5 Å². The van der Waals surface area contributed by atoms with Gasteiger partial charge in [0.25, 0.3) is 0 Å². The number of carbonyl (C=O) groups excluding carboxylic acids is 1. The van der Waals surface area contributed by atoms with Crippen LogP contribution in [0.15, 0.2) is 24.3 Å². The van der Waals surface area contributed by atoms with Gasteiger partial charge in [0.05, 0.1) is 18.8 Å². The van der Waals surface area contributed by atoms with Crippen LogP contribution in [0.4, 0.5) is 4.79 Å². The van der Waals surface area contributed by atoms with Crippen molar-refractivity contribution in [2.24, 2.45) is 0 Å². The zero-order chi connectivity index (χ0) is 15.0. The monoisotopic (exact) mass is 282 g/mol. The Bertz CT molecular complexity index is 418. The zero-order valence-corrected chi connectivity index (χ0v) is 12.1. The predicted octanol–water partition coefficient (Wildman–Crippen LogP) is 1.49. The molecule has 1 aromatic carbocycles. The molecule has 0 aliphatic heterocycles. The number of hydrogen-bond donors (Lipinski definition) is 3. The number of aliphatic hydroxyl groups excluding tert-OH is 1. The van der Waals surface area contributed by atoms with Crippen LogP contribution in [0.25, 0.3) is 0 Å². The molecule has 0 spiro atoms. The maximum Gasteiger partial charge on any atom is 0.317 e. The molecule has 0 saturated carbocycles. The summed E-state index contributed by atoms with van der Waals surface area (Å²) in [7, 11) is 0. The molecular formula is C14H22N2O4. The van der Waals surface area contributed by atoms with Gasteiger partial charge in [0.2, 0.25) is 0 Å². The normalized spacial score (nSPS) is 10.8. The Morgan fingerprint density at radius 2 is 1.75 bits per heavy atom. The molecule has 2 amide bonds. The van der Waals surface area contributed by atoms with Crippen molar-refractivity contribution in [3.05, 3.63) is 24.3 Å². The quantitative estimate of drug-likeness (QED) is 0.662. The van der Waals surface area contributed by atoms with Crippen LogP contribution in [-0.4, -0.2) is 36.6 Å². The van der Waals surface area contributed by atoms with Crippen LogP contribution < -0.4 is 20.1 Å². The minimum absolute atomic E-state index is 0.0430. The lowest BCUT2D eigenvalue weighted by atomic mass is 10.1. The molecule has 0 aliphatic rings. The SMILES string of the molecule is CCOc1ccc(OCNC(=O)NC(C)(C)CO)cc1. The lowest BCUT2D eigenvalue weighted by Gasteiger charge is -2.23. The first-order valence-corrected chi connectivity index (χ1v) is 6.49. The van der Waals surface area contributed by atoms with E-state index in [0.717, 1.165) is 5.75 Å². The average molecular weight is 282 g/mol. The van der Waals surface area contributed by atoms with E-state index in [2.05, 4.69) is 10.6 Å². The van der Waals surface area contributed by atoms with Crippen molar-refractivity contribution in [2.75, 3.05) is 19.9 Å². The molecule has 6 heteroatoms. The standard InChI is InChI=1S/C14H22N2O4/c1-4-19-11-5-7-12(8-6-11)20-10-15-13(18)16-14(2,3)9-17/h5-8,17H,4,9-10H2,1-3H3,(H2,15,16,18). The summed E-state index contributed by atoms with van der Waals surface area (Å²) in [5.74, 6) is 1.41. The Morgan fingerprint density at radius 3 is 2.25 bits per heavy atom. The molecule has 0 unspecified atom stereocenters. The van der Waals surface area contributed by atoms with Crippen LogP contribution in [0.1, 0.15) is 20.8 Å². The zero-order valence-electron chi connectivity index (χ0n) is 12.1. The molecule has 0 aromatic heterocycles. The highest BCUT2D eigenvalue weighted by Crippen LogP contribution is 2.17. The van der Waals surface area contributed by atoms with E-state index in [0.29, 0.717) is 12.4 Å². The second-order valence-corrected chi connectivity index (χ2v) is 4.87. The lowest BCUT2D eigenvalue weighted by molar-refractivity contribution is 0.176. The Balaban J connectivity index is 2.31.